The van der Waals surface area contributed by atoms with E-state index in [4.69, 9.17) is 19.5 Å². The van der Waals surface area contributed by atoms with E-state index >= 15 is 0 Å². The van der Waals surface area contributed by atoms with E-state index in [0.29, 0.717) is 17.7 Å². The smallest absolute Gasteiger partial charge is 0.209 e. The largest absolute Gasteiger partial charge is 0.483 e. The second kappa shape index (κ2) is 6.71. The molecule has 0 aliphatic carbocycles. The van der Waals surface area contributed by atoms with E-state index in [-0.39, 0.29) is 12.1 Å². The molecular formula is C18H22N2O2S. The van der Waals surface area contributed by atoms with Crippen LogP contribution in [0.4, 0.5) is 0 Å². The van der Waals surface area contributed by atoms with Crippen molar-refractivity contribution in [2.24, 2.45) is 15.9 Å². The van der Waals surface area contributed by atoms with Crippen LogP contribution in [-0.4, -0.2) is 38.1 Å². The molecule has 2 atom stereocenters. The third-order valence-electron chi connectivity index (χ3n) is 4.01. The highest BCUT2D eigenvalue weighted by atomic mass is 32.1. The molecule has 0 saturated heterocycles. The van der Waals surface area contributed by atoms with Crippen LogP contribution in [0.1, 0.15) is 18.7 Å². The number of hydrogen-bond donors (Lipinski definition) is 0. The number of ether oxygens (including phenoxy) is 2. The van der Waals surface area contributed by atoms with E-state index in [1.165, 1.54) is 15.0 Å². The molecule has 1 aromatic carbocycles. The highest BCUT2D eigenvalue weighted by Crippen LogP contribution is 2.28. The van der Waals surface area contributed by atoms with E-state index < -0.39 is 0 Å². The molecule has 1 aliphatic heterocycles. The number of fused-ring (bicyclic) bond motifs is 1. The molecule has 0 radical (unpaired) electrons. The van der Waals surface area contributed by atoms with Gasteiger partial charge in [-0.3, -0.25) is 0 Å². The Morgan fingerprint density at radius 2 is 1.83 bits per heavy atom. The summed E-state index contributed by atoms with van der Waals surface area (Å²) in [5.41, 5.74) is 0. The molecule has 122 valence electrons. The van der Waals surface area contributed by atoms with Crippen molar-refractivity contribution in [3.63, 3.8) is 0 Å². The highest BCUT2D eigenvalue weighted by Gasteiger charge is 2.31. The first-order valence-electron chi connectivity index (χ1n) is 7.83. The Balaban J connectivity index is 1.88. The second-order valence-electron chi connectivity index (χ2n) is 6.00. The Kier molecular flexibility index (Phi) is 4.66. The minimum absolute atomic E-state index is 0.0615. The van der Waals surface area contributed by atoms with Crippen molar-refractivity contribution in [1.82, 2.24) is 0 Å². The van der Waals surface area contributed by atoms with Crippen LogP contribution in [-0.2, 0) is 15.9 Å². The maximum atomic E-state index is 5.52. The first-order chi connectivity index (χ1) is 11.1. The van der Waals surface area contributed by atoms with Crippen LogP contribution in [0, 0.1) is 5.92 Å². The van der Waals surface area contributed by atoms with Crippen molar-refractivity contribution >= 4 is 33.2 Å². The van der Waals surface area contributed by atoms with Gasteiger partial charge in [0.25, 0.3) is 0 Å². The Bertz CT molecular complexity index is 715. The third kappa shape index (κ3) is 3.24. The van der Waals surface area contributed by atoms with Gasteiger partial charge in [0.2, 0.25) is 11.8 Å². The van der Waals surface area contributed by atoms with Crippen molar-refractivity contribution in [2.75, 3.05) is 14.2 Å². The Morgan fingerprint density at radius 3 is 2.48 bits per heavy atom. The Hall–Kier alpha value is -1.88. The number of rotatable bonds is 3. The fourth-order valence-corrected chi connectivity index (χ4v) is 3.92. The summed E-state index contributed by atoms with van der Waals surface area (Å²) in [5, 5.41) is 1.27. The molecule has 4 nitrogen and oxygen atoms in total. The van der Waals surface area contributed by atoms with Crippen LogP contribution < -0.4 is 0 Å². The summed E-state index contributed by atoms with van der Waals surface area (Å²) in [6, 6.07) is 10.5. The molecule has 0 N–H and O–H groups in total. The van der Waals surface area contributed by atoms with E-state index in [2.05, 4.69) is 44.2 Å². The van der Waals surface area contributed by atoms with Gasteiger partial charge in [0.15, 0.2) is 0 Å². The minimum Gasteiger partial charge on any atom is -0.483 e. The molecule has 3 rings (SSSR count). The van der Waals surface area contributed by atoms with Gasteiger partial charge in [0.05, 0.1) is 14.2 Å². The molecule has 0 spiro atoms. The topological polar surface area (TPSA) is 43.2 Å². The quantitative estimate of drug-likeness (QED) is 0.855. The molecule has 0 unspecified atom stereocenters. The predicted molar refractivity (Wildman–Crippen MR) is 96.8 cm³/mol. The third-order valence-corrected chi connectivity index (χ3v) is 5.15. The summed E-state index contributed by atoms with van der Waals surface area (Å²) < 4.78 is 12.3. The van der Waals surface area contributed by atoms with Crippen molar-refractivity contribution in [1.29, 1.82) is 0 Å². The first kappa shape index (κ1) is 16.0. The van der Waals surface area contributed by atoms with Gasteiger partial charge >= 0.3 is 0 Å². The monoisotopic (exact) mass is 330 g/mol. The minimum atomic E-state index is -0.113. The maximum Gasteiger partial charge on any atom is 0.209 e. The van der Waals surface area contributed by atoms with Gasteiger partial charge in [-0.15, -0.1) is 11.3 Å². The van der Waals surface area contributed by atoms with Crippen LogP contribution in [0.15, 0.2) is 40.3 Å². The summed E-state index contributed by atoms with van der Waals surface area (Å²) in [6.07, 6.45) is 0.781. The van der Waals surface area contributed by atoms with E-state index in [1.807, 2.05) is 0 Å². The average molecular weight is 330 g/mol. The number of thiophene rings is 1. The van der Waals surface area contributed by atoms with Gasteiger partial charge < -0.3 is 9.47 Å². The van der Waals surface area contributed by atoms with Crippen LogP contribution in [0.2, 0.25) is 0 Å². The number of nitrogens with zero attached hydrogens (tertiary/aromatic N) is 2. The van der Waals surface area contributed by atoms with Crippen LogP contribution in [0.25, 0.3) is 10.1 Å². The van der Waals surface area contributed by atoms with Gasteiger partial charge in [-0.05, 0) is 23.4 Å². The fourth-order valence-electron chi connectivity index (χ4n) is 2.82. The lowest BCUT2D eigenvalue weighted by molar-refractivity contribution is 0.333. The molecule has 1 aliphatic rings. The zero-order valence-corrected chi connectivity index (χ0v) is 14.8. The molecule has 5 heteroatoms. The highest BCUT2D eigenvalue weighted by molar-refractivity contribution is 7.19. The van der Waals surface area contributed by atoms with Crippen LogP contribution in [0.5, 0.6) is 0 Å². The first-order valence-corrected chi connectivity index (χ1v) is 8.64. The molecule has 0 bridgehead atoms. The molecule has 2 aromatic rings. The van der Waals surface area contributed by atoms with Crippen molar-refractivity contribution < 1.29 is 9.47 Å². The van der Waals surface area contributed by atoms with Crippen molar-refractivity contribution in [3.8, 4) is 0 Å². The second-order valence-corrected chi connectivity index (χ2v) is 7.17. The molecule has 1 aromatic heterocycles. The van der Waals surface area contributed by atoms with E-state index in [9.17, 15) is 0 Å². The Morgan fingerprint density at radius 1 is 1.09 bits per heavy atom. The van der Waals surface area contributed by atoms with Crippen LogP contribution >= 0.6 is 11.3 Å². The summed E-state index contributed by atoms with van der Waals surface area (Å²) in [5.74, 6) is 1.72. The normalized spacial score (nSPS) is 21.3. The lowest BCUT2D eigenvalue weighted by atomic mass is 10.0. The molecule has 0 saturated carbocycles. The van der Waals surface area contributed by atoms with E-state index in [1.54, 1.807) is 25.6 Å². The standard InChI is InChI=1S/C18H22N2O2S/c1-11(2)16-18(22-4)19-14(17(20-16)21-3)10-13-9-12-7-5-6-8-15(12)23-13/h5-9,11,14,16H,10H2,1-4H3/t14-,16+/m0/s1. The maximum absolute atomic E-state index is 5.52. The number of hydrogen-bond acceptors (Lipinski definition) is 5. The average Bonchev–Trinajstić information content (AvgIpc) is 2.96. The Labute approximate surface area is 140 Å². The molecule has 2 heterocycles. The van der Waals surface area contributed by atoms with Gasteiger partial charge in [-0.25, -0.2) is 9.98 Å². The summed E-state index contributed by atoms with van der Waals surface area (Å²) in [6.45, 7) is 4.23. The van der Waals surface area contributed by atoms with Crippen molar-refractivity contribution in [3.05, 3.63) is 35.2 Å². The lowest BCUT2D eigenvalue weighted by Gasteiger charge is -2.26. The SMILES string of the molecule is COC1=N[C@H](C(C)C)C(OC)=N[C@H]1Cc1cc2ccccc2s1. The van der Waals surface area contributed by atoms with E-state index in [0.717, 1.165) is 6.42 Å². The lowest BCUT2D eigenvalue weighted by Crippen LogP contribution is -2.38. The zero-order valence-electron chi connectivity index (χ0n) is 13.9. The predicted octanol–water partition coefficient (Wildman–Crippen LogP) is 3.94. The zero-order chi connectivity index (χ0) is 16.4. The van der Waals surface area contributed by atoms with Crippen molar-refractivity contribution in [2.45, 2.75) is 32.4 Å². The summed E-state index contributed by atoms with van der Waals surface area (Å²) in [4.78, 5) is 10.8. The fraction of sp³-hybridized carbons (Fsp3) is 0.444. The molecular weight excluding hydrogens is 308 g/mol. The number of aliphatic imine (C=N–C) groups is 2. The number of benzene rings is 1. The molecule has 23 heavy (non-hydrogen) atoms. The van der Waals surface area contributed by atoms with Gasteiger partial charge in [0.1, 0.15) is 12.1 Å². The number of methoxy groups -OCH3 is 2. The van der Waals surface area contributed by atoms with Gasteiger partial charge in [0, 0.05) is 16.0 Å². The molecule has 0 fully saturated rings. The van der Waals surface area contributed by atoms with Gasteiger partial charge in [-0.2, -0.15) is 0 Å². The van der Waals surface area contributed by atoms with Crippen LogP contribution in [0.3, 0.4) is 0 Å². The molecule has 0 amide bonds. The van der Waals surface area contributed by atoms with Gasteiger partial charge in [-0.1, -0.05) is 32.0 Å². The summed E-state index contributed by atoms with van der Waals surface area (Å²) >= 11 is 1.80. The summed E-state index contributed by atoms with van der Waals surface area (Å²) in [7, 11) is 3.33.